The van der Waals surface area contributed by atoms with Gasteiger partial charge in [-0.1, -0.05) is 0 Å². The van der Waals surface area contributed by atoms with Crippen LogP contribution in [0.3, 0.4) is 0 Å². The molecular formula is C11H8N4O8S4. The molecule has 2 rings (SSSR count). The Balaban J connectivity index is 3.29. The van der Waals surface area contributed by atoms with E-state index in [1.54, 1.807) is 0 Å². The van der Waals surface area contributed by atoms with Crippen LogP contribution < -0.4 is 11.5 Å². The molecule has 0 radical (unpaired) electrons. The number of carbonyl (C=O) groups is 2. The standard InChI is InChI=1S/C11H8N4O8S4/c12-9-14-3(1-24-9)11(4-2-25-10(13)15-4,5(7(16)17)26(20)21)6(8(18)19)27(22)23/h1-2H,(H2,12,14)(H2,13,15)(H,16,17)(H,18,19). The van der Waals surface area contributed by atoms with E-state index < -0.39 is 59.1 Å². The van der Waals surface area contributed by atoms with Crippen molar-refractivity contribution in [3.8, 4) is 0 Å². The molecule has 0 aromatic carbocycles. The first-order chi connectivity index (χ1) is 12.5. The molecule has 2 aromatic heterocycles. The van der Waals surface area contributed by atoms with Crippen LogP contribution in [0.4, 0.5) is 10.3 Å². The molecule has 0 bridgehead atoms. The Morgan fingerprint density at radius 3 is 1.37 bits per heavy atom. The fourth-order valence-corrected chi connectivity index (χ4v) is 5.03. The average Bonchev–Trinajstić information content (AvgIpc) is 3.13. The SMILES string of the molecule is Nc1nc(C(C(C(=O)O)=S(=O)=O)(C(C(=O)O)=S(=O)=O)c2csc(N)n2)cs1. The molecular weight excluding hydrogens is 444 g/mol. The van der Waals surface area contributed by atoms with Crippen molar-refractivity contribution in [2.75, 3.05) is 11.5 Å². The van der Waals surface area contributed by atoms with Gasteiger partial charge in [0.25, 0.3) is 0 Å². The van der Waals surface area contributed by atoms with E-state index in [-0.39, 0.29) is 10.3 Å². The fourth-order valence-electron chi connectivity index (χ4n) is 2.33. The summed E-state index contributed by atoms with van der Waals surface area (Å²) in [5.74, 6) is -4.21. The van der Waals surface area contributed by atoms with Crippen LogP contribution in [0.2, 0.25) is 0 Å². The van der Waals surface area contributed by atoms with E-state index in [0.717, 1.165) is 10.8 Å². The van der Waals surface area contributed by atoms with E-state index in [1.807, 2.05) is 0 Å². The zero-order valence-electron chi connectivity index (χ0n) is 12.7. The molecule has 27 heavy (non-hydrogen) atoms. The molecule has 12 nitrogen and oxygen atoms in total. The molecule has 0 unspecified atom stereocenters. The summed E-state index contributed by atoms with van der Waals surface area (Å²) in [6, 6.07) is 0. The number of nitrogens with two attached hydrogens (primary N) is 2. The van der Waals surface area contributed by atoms with Crippen molar-refractivity contribution >= 4 is 75.2 Å². The van der Waals surface area contributed by atoms with Crippen molar-refractivity contribution in [3.63, 3.8) is 0 Å². The van der Waals surface area contributed by atoms with Gasteiger partial charge in [0.1, 0.15) is 0 Å². The first kappa shape index (κ1) is 20.5. The Kier molecular flexibility index (Phi) is 5.64. The number of thiazole rings is 2. The maximum Gasteiger partial charge on any atom is 0.349 e. The molecule has 0 aliphatic carbocycles. The van der Waals surface area contributed by atoms with Crippen LogP contribution in [-0.4, -0.2) is 58.7 Å². The molecule has 0 saturated carbocycles. The summed E-state index contributed by atoms with van der Waals surface area (Å²) in [5, 5.41) is 20.6. The molecule has 0 aliphatic rings. The number of rotatable bonds is 6. The van der Waals surface area contributed by atoms with Gasteiger partial charge in [-0.25, -0.2) is 19.6 Å². The highest BCUT2D eigenvalue weighted by Crippen LogP contribution is 2.38. The predicted molar refractivity (Wildman–Crippen MR) is 97.0 cm³/mol. The number of nitrogens with zero attached hydrogens (tertiary/aromatic N) is 2. The first-order valence-corrected chi connectivity index (χ1v) is 10.3. The van der Waals surface area contributed by atoms with Gasteiger partial charge in [0.05, 0.1) is 11.4 Å². The van der Waals surface area contributed by atoms with E-state index in [9.17, 15) is 36.6 Å². The van der Waals surface area contributed by atoms with Crippen molar-refractivity contribution in [2.24, 2.45) is 0 Å². The second-order valence-corrected chi connectivity index (χ2v) is 8.16. The van der Waals surface area contributed by atoms with E-state index >= 15 is 0 Å². The summed E-state index contributed by atoms with van der Waals surface area (Å²) in [7, 11) is -7.16. The van der Waals surface area contributed by atoms with Crippen LogP contribution in [0.15, 0.2) is 10.8 Å². The van der Waals surface area contributed by atoms with Crippen LogP contribution in [0.25, 0.3) is 0 Å². The maximum absolute atomic E-state index is 11.8. The molecule has 2 heterocycles. The van der Waals surface area contributed by atoms with Gasteiger partial charge in [-0.3, -0.25) is 0 Å². The highest BCUT2D eigenvalue weighted by molar-refractivity contribution is 7.77. The van der Waals surface area contributed by atoms with Gasteiger partial charge in [-0.05, 0) is 0 Å². The van der Waals surface area contributed by atoms with Crippen molar-refractivity contribution in [1.29, 1.82) is 0 Å². The van der Waals surface area contributed by atoms with Gasteiger partial charge in [-0.2, -0.15) is 16.8 Å². The minimum atomic E-state index is -3.58. The minimum Gasteiger partial charge on any atom is -0.477 e. The monoisotopic (exact) mass is 452 g/mol. The van der Waals surface area contributed by atoms with Crippen molar-refractivity contribution < 1.29 is 36.6 Å². The lowest BCUT2D eigenvalue weighted by molar-refractivity contribution is -0.129. The second kappa shape index (κ2) is 7.43. The number of anilines is 2. The molecule has 0 saturated heterocycles. The number of nitrogen functional groups attached to an aromatic ring is 2. The summed E-state index contributed by atoms with van der Waals surface area (Å²) in [4.78, 5) is 28.0. The molecule has 2 aromatic rings. The van der Waals surface area contributed by atoms with E-state index in [4.69, 9.17) is 11.5 Å². The zero-order valence-corrected chi connectivity index (χ0v) is 15.9. The number of aliphatic carboxylic acids is 2. The average molecular weight is 452 g/mol. The lowest BCUT2D eigenvalue weighted by Crippen LogP contribution is -2.52. The Hall–Kier alpha value is -2.82. The van der Waals surface area contributed by atoms with Gasteiger partial charge < -0.3 is 21.7 Å². The Morgan fingerprint density at radius 2 is 1.19 bits per heavy atom. The third kappa shape index (κ3) is 3.42. The number of carboxylic acid groups (broad SMARTS) is 2. The molecule has 0 atom stereocenters. The molecule has 0 aliphatic heterocycles. The van der Waals surface area contributed by atoms with E-state index in [0.29, 0.717) is 22.7 Å². The summed E-state index contributed by atoms with van der Waals surface area (Å²) >= 11 is 1.42. The van der Waals surface area contributed by atoms with Gasteiger partial charge in [0, 0.05) is 10.8 Å². The highest BCUT2D eigenvalue weighted by atomic mass is 32.2. The minimum absolute atomic E-state index is 0.194. The Labute approximate surface area is 160 Å². The zero-order chi connectivity index (χ0) is 20.5. The lowest BCUT2D eigenvalue weighted by Gasteiger charge is -2.27. The summed E-state index contributed by atoms with van der Waals surface area (Å²) < 4.78 is 47.0. The summed E-state index contributed by atoms with van der Waals surface area (Å²) in [6.07, 6.45) is 0. The predicted octanol–water partition coefficient (Wildman–Crippen LogP) is -1.68. The van der Waals surface area contributed by atoms with E-state index in [2.05, 4.69) is 9.97 Å². The first-order valence-electron chi connectivity index (χ1n) is 6.36. The summed E-state index contributed by atoms with van der Waals surface area (Å²) in [5.41, 5.74) is 7.00. The van der Waals surface area contributed by atoms with Crippen molar-refractivity contribution in [1.82, 2.24) is 9.97 Å². The third-order valence-corrected chi connectivity index (χ3v) is 6.19. The van der Waals surface area contributed by atoms with Gasteiger partial charge in [0.2, 0.25) is 20.6 Å². The van der Waals surface area contributed by atoms with Crippen LogP contribution in [0.5, 0.6) is 0 Å². The van der Waals surface area contributed by atoms with Gasteiger partial charge >= 0.3 is 11.9 Å². The fraction of sp³-hybridized carbons (Fsp3) is 0.0909. The molecule has 16 heteroatoms. The molecule has 6 N–H and O–H groups in total. The number of carboxylic acids is 2. The van der Waals surface area contributed by atoms with E-state index in [1.165, 1.54) is 0 Å². The van der Waals surface area contributed by atoms with Crippen molar-refractivity contribution in [2.45, 2.75) is 5.41 Å². The second-order valence-electron chi connectivity index (χ2n) is 4.63. The molecule has 0 amide bonds. The normalized spacial score (nSPS) is 11.0. The molecule has 0 fully saturated rings. The third-order valence-electron chi connectivity index (χ3n) is 3.22. The quantitative estimate of drug-likeness (QED) is 0.361. The molecule has 0 spiro atoms. The van der Waals surface area contributed by atoms with Crippen LogP contribution in [-0.2, 0) is 35.6 Å². The molecule has 144 valence electrons. The number of hydrogen-bond donors (Lipinski definition) is 4. The smallest absolute Gasteiger partial charge is 0.349 e. The highest BCUT2D eigenvalue weighted by Gasteiger charge is 2.56. The largest absolute Gasteiger partial charge is 0.477 e. The van der Waals surface area contributed by atoms with Crippen molar-refractivity contribution in [3.05, 3.63) is 22.1 Å². The number of hydrogen-bond acceptors (Lipinski definition) is 12. The van der Waals surface area contributed by atoms with Crippen LogP contribution in [0.1, 0.15) is 11.4 Å². The van der Waals surface area contributed by atoms with Gasteiger partial charge in [-0.15, -0.1) is 22.7 Å². The Morgan fingerprint density at radius 1 is 0.852 bits per heavy atom. The maximum atomic E-state index is 11.8. The topological polar surface area (TPSA) is 221 Å². The van der Waals surface area contributed by atoms with Gasteiger partial charge in [0.15, 0.2) is 25.4 Å². The Bertz CT molecular complexity index is 1110. The summed E-state index contributed by atoms with van der Waals surface area (Å²) in [6.45, 7) is 0. The lowest BCUT2D eigenvalue weighted by atomic mass is 9.75. The number of aromatic nitrogens is 2. The van der Waals surface area contributed by atoms with Crippen LogP contribution in [0, 0.1) is 0 Å². The van der Waals surface area contributed by atoms with Crippen LogP contribution >= 0.6 is 22.7 Å².